The molecule has 7 nitrogen and oxygen atoms in total. The fourth-order valence-corrected chi connectivity index (χ4v) is 8.03. The second-order valence-corrected chi connectivity index (χ2v) is 9.86. The van der Waals surface area contributed by atoms with E-state index in [1.54, 1.807) is 0 Å². The average Bonchev–Trinajstić information content (AvgIpc) is 2.74. The van der Waals surface area contributed by atoms with Crippen molar-refractivity contribution < 1.29 is 35.1 Å². The standard InChI is InChI=1S/C20H28O7/c1-9-10-6-11(22)12-18-5-3-4-17(2,7-21)13(18)16(25)20(26,27-8-18)19(12,14(9)23)15(10)24/h10-13,15-16,21-22,24-26H,1,3-8H2,2H3/t10-,11-,12-,13+,15+,16-,17+,18+,19-,20+/m0/s1. The number of carbonyl (C=O) groups is 1. The molecule has 4 bridgehead atoms. The summed E-state index contributed by atoms with van der Waals surface area (Å²) in [5.74, 6) is -4.75. The molecular weight excluding hydrogens is 352 g/mol. The summed E-state index contributed by atoms with van der Waals surface area (Å²) in [7, 11) is 0. The van der Waals surface area contributed by atoms with Crippen LogP contribution in [0.4, 0.5) is 0 Å². The summed E-state index contributed by atoms with van der Waals surface area (Å²) in [6.45, 7) is 5.62. The number of ketones is 1. The average molecular weight is 380 g/mol. The summed E-state index contributed by atoms with van der Waals surface area (Å²) >= 11 is 0. The van der Waals surface area contributed by atoms with Crippen LogP contribution in [0.25, 0.3) is 0 Å². The summed E-state index contributed by atoms with van der Waals surface area (Å²) in [5, 5.41) is 55.3. The number of carbonyl (C=O) groups excluding carboxylic acids is 1. The lowest BCUT2D eigenvalue weighted by molar-refractivity contribution is -0.457. The molecule has 0 radical (unpaired) electrons. The molecule has 0 aromatic carbocycles. The molecule has 5 N–H and O–H groups in total. The van der Waals surface area contributed by atoms with Crippen LogP contribution in [0.3, 0.4) is 0 Å². The predicted octanol–water partition coefficient (Wildman–Crippen LogP) is -0.652. The van der Waals surface area contributed by atoms with Crippen LogP contribution >= 0.6 is 0 Å². The molecule has 0 aromatic rings. The third-order valence-electron chi connectivity index (χ3n) is 8.94. The summed E-state index contributed by atoms with van der Waals surface area (Å²) in [4.78, 5) is 13.4. The summed E-state index contributed by atoms with van der Waals surface area (Å²) in [5.41, 5.74) is -3.09. The third kappa shape index (κ3) is 1.59. The summed E-state index contributed by atoms with van der Waals surface area (Å²) < 4.78 is 5.79. The number of aliphatic hydroxyl groups excluding tert-OH is 4. The van der Waals surface area contributed by atoms with Crippen molar-refractivity contribution in [2.45, 2.75) is 56.7 Å². The maximum atomic E-state index is 13.4. The van der Waals surface area contributed by atoms with E-state index in [1.165, 1.54) is 0 Å². The molecule has 2 saturated heterocycles. The van der Waals surface area contributed by atoms with E-state index < -0.39 is 63.9 Å². The third-order valence-corrected chi connectivity index (χ3v) is 8.94. The Balaban J connectivity index is 1.81. The molecule has 7 heteroatoms. The molecule has 10 atom stereocenters. The van der Waals surface area contributed by atoms with Crippen LogP contribution in [-0.4, -0.2) is 68.6 Å². The van der Waals surface area contributed by atoms with Crippen molar-refractivity contribution in [1.82, 2.24) is 0 Å². The molecule has 2 spiro atoms. The summed E-state index contributed by atoms with van der Waals surface area (Å²) in [6.07, 6.45) is -1.41. The zero-order valence-corrected chi connectivity index (χ0v) is 15.5. The number of rotatable bonds is 1. The van der Waals surface area contributed by atoms with Crippen LogP contribution in [0.15, 0.2) is 12.2 Å². The van der Waals surface area contributed by atoms with Crippen molar-refractivity contribution in [2.75, 3.05) is 13.2 Å². The van der Waals surface area contributed by atoms with Gasteiger partial charge in [-0.2, -0.15) is 0 Å². The van der Waals surface area contributed by atoms with Gasteiger partial charge in [0.25, 0.3) is 0 Å². The van der Waals surface area contributed by atoms with E-state index in [2.05, 4.69) is 6.58 Å². The first kappa shape index (κ1) is 18.2. The second-order valence-electron chi connectivity index (χ2n) is 9.86. The molecule has 0 unspecified atom stereocenters. The van der Waals surface area contributed by atoms with Crippen LogP contribution < -0.4 is 0 Å². The van der Waals surface area contributed by atoms with Gasteiger partial charge in [0.15, 0.2) is 5.78 Å². The van der Waals surface area contributed by atoms with Crippen LogP contribution in [0.1, 0.15) is 32.6 Å². The minimum absolute atomic E-state index is 0.0848. The van der Waals surface area contributed by atoms with Gasteiger partial charge in [0.1, 0.15) is 11.5 Å². The van der Waals surface area contributed by atoms with E-state index in [4.69, 9.17) is 4.74 Å². The van der Waals surface area contributed by atoms with Crippen LogP contribution in [0, 0.1) is 34.0 Å². The largest absolute Gasteiger partial charge is 0.396 e. The van der Waals surface area contributed by atoms with Crippen LogP contribution in [0.2, 0.25) is 0 Å². The van der Waals surface area contributed by atoms with Crippen molar-refractivity contribution >= 4 is 5.78 Å². The molecule has 0 aromatic heterocycles. The molecule has 6 rings (SSSR count). The van der Waals surface area contributed by atoms with Gasteiger partial charge >= 0.3 is 0 Å². The maximum absolute atomic E-state index is 13.4. The van der Waals surface area contributed by atoms with Crippen LogP contribution in [-0.2, 0) is 9.53 Å². The number of Topliss-reactive ketones (excluding diaryl/α,β-unsaturated/α-hetero) is 1. The Labute approximate surface area is 157 Å². The normalized spacial score (nSPS) is 61.7. The Morgan fingerprint density at radius 2 is 1.89 bits per heavy atom. The van der Waals surface area contributed by atoms with Gasteiger partial charge in [-0.1, -0.05) is 19.9 Å². The first-order chi connectivity index (χ1) is 12.6. The Morgan fingerprint density at radius 3 is 2.56 bits per heavy atom. The van der Waals surface area contributed by atoms with Crippen LogP contribution in [0.5, 0.6) is 0 Å². The highest BCUT2D eigenvalue weighted by Crippen LogP contribution is 2.76. The Bertz CT molecular complexity index is 738. The number of hydrogen-bond acceptors (Lipinski definition) is 7. The van der Waals surface area contributed by atoms with Gasteiger partial charge in [-0.05, 0) is 30.3 Å². The number of ether oxygens (including phenoxy) is 1. The second kappa shape index (κ2) is 5.01. The topological polar surface area (TPSA) is 127 Å². The van der Waals surface area contributed by atoms with E-state index in [1.807, 2.05) is 6.92 Å². The Morgan fingerprint density at radius 1 is 1.19 bits per heavy atom. The molecule has 4 saturated carbocycles. The quantitative estimate of drug-likeness (QED) is 0.383. The molecule has 0 amide bonds. The van der Waals surface area contributed by atoms with Crippen molar-refractivity contribution in [3.05, 3.63) is 12.2 Å². The highest BCUT2D eigenvalue weighted by molar-refractivity contribution is 6.05. The molecular formula is C20H28O7. The van der Waals surface area contributed by atoms with E-state index >= 15 is 0 Å². The molecule has 2 heterocycles. The monoisotopic (exact) mass is 380 g/mol. The van der Waals surface area contributed by atoms with Gasteiger partial charge in [0.05, 0.1) is 18.8 Å². The first-order valence-electron chi connectivity index (χ1n) is 9.87. The van der Waals surface area contributed by atoms with Gasteiger partial charge in [0, 0.05) is 29.8 Å². The van der Waals surface area contributed by atoms with E-state index in [0.29, 0.717) is 12.8 Å². The van der Waals surface area contributed by atoms with Gasteiger partial charge in [-0.25, -0.2) is 0 Å². The molecule has 27 heavy (non-hydrogen) atoms. The van der Waals surface area contributed by atoms with Crippen molar-refractivity contribution in [2.24, 2.45) is 34.0 Å². The number of aliphatic hydroxyl groups is 5. The van der Waals surface area contributed by atoms with Crippen molar-refractivity contribution in [3.8, 4) is 0 Å². The van der Waals surface area contributed by atoms with E-state index in [-0.39, 0.29) is 25.2 Å². The lowest BCUT2D eigenvalue weighted by Crippen LogP contribution is -2.85. The summed E-state index contributed by atoms with van der Waals surface area (Å²) in [6, 6.07) is 0. The minimum Gasteiger partial charge on any atom is -0.396 e. The maximum Gasteiger partial charge on any atom is 0.208 e. The zero-order chi connectivity index (χ0) is 19.6. The van der Waals surface area contributed by atoms with Crippen molar-refractivity contribution in [1.29, 1.82) is 0 Å². The first-order valence-corrected chi connectivity index (χ1v) is 9.87. The molecule has 4 aliphatic carbocycles. The van der Waals surface area contributed by atoms with E-state index in [9.17, 15) is 30.3 Å². The van der Waals surface area contributed by atoms with Gasteiger partial charge in [-0.15, -0.1) is 0 Å². The molecule has 150 valence electrons. The SMILES string of the molecule is C=C1C(=O)[C@]23[C@H](O)[C@H]1C[C@H](O)[C@H]2[C@]12CCC[C@](C)(CO)[C@H]1[C@H](O)[C@@]3(O)OC2. The van der Waals surface area contributed by atoms with Gasteiger partial charge < -0.3 is 30.3 Å². The highest BCUT2D eigenvalue weighted by atomic mass is 16.6. The Kier molecular flexibility index (Phi) is 3.38. The number of fused-ring (bicyclic) bond motifs is 2. The molecule has 6 fully saturated rings. The zero-order valence-electron chi connectivity index (χ0n) is 15.5. The van der Waals surface area contributed by atoms with Gasteiger partial charge in [0.2, 0.25) is 5.79 Å². The lowest BCUT2D eigenvalue weighted by atomic mass is 9.35. The molecule has 2 aliphatic heterocycles. The smallest absolute Gasteiger partial charge is 0.208 e. The fraction of sp³-hybridized carbons (Fsp3) is 0.850. The van der Waals surface area contributed by atoms with Crippen molar-refractivity contribution in [3.63, 3.8) is 0 Å². The highest BCUT2D eigenvalue weighted by Gasteiger charge is 2.87. The predicted molar refractivity (Wildman–Crippen MR) is 92.1 cm³/mol. The fourth-order valence-electron chi connectivity index (χ4n) is 8.03. The lowest BCUT2D eigenvalue weighted by Gasteiger charge is -2.74. The Hall–Kier alpha value is -0.830. The van der Waals surface area contributed by atoms with Gasteiger partial charge in [-0.3, -0.25) is 4.79 Å². The molecule has 6 aliphatic rings. The van der Waals surface area contributed by atoms with E-state index in [0.717, 1.165) is 6.42 Å². The minimum atomic E-state index is -2.31. The number of hydrogen-bond donors (Lipinski definition) is 5.